The van der Waals surface area contributed by atoms with Gasteiger partial charge in [0.15, 0.2) is 0 Å². The molecule has 0 saturated carbocycles. The third-order valence-corrected chi connectivity index (χ3v) is 6.02. The van der Waals surface area contributed by atoms with Gasteiger partial charge in [-0.3, -0.25) is 0 Å². The van der Waals surface area contributed by atoms with Crippen molar-refractivity contribution in [2.45, 2.75) is 17.7 Å². The van der Waals surface area contributed by atoms with Crippen LogP contribution in [0.2, 0.25) is 5.02 Å². The highest BCUT2D eigenvalue weighted by Gasteiger charge is 2.30. The summed E-state index contributed by atoms with van der Waals surface area (Å²) in [6, 6.07) is 6.90. The lowest BCUT2D eigenvalue weighted by Crippen LogP contribution is -2.38. The van der Waals surface area contributed by atoms with Crippen LogP contribution in [-0.4, -0.2) is 25.8 Å². The molecule has 0 unspecified atom stereocenters. The molecule has 2 rings (SSSR count). The van der Waals surface area contributed by atoms with Crippen molar-refractivity contribution in [3.63, 3.8) is 0 Å². The van der Waals surface area contributed by atoms with Crippen LogP contribution in [0.4, 0.5) is 0 Å². The summed E-state index contributed by atoms with van der Waals surface area (Å²) in [7, 11) is -3.57. The molecule has 0 N–H and O–H groups in total. The van der Waals surface area contributed by atoms with Gasteiger partial charge in [-0.25, -0.2) is 8.42 Å². The van der Waals surface area contributed by atoms with Crippen molar-refractivity contribution in [2.24, 2.45) is 5.92 Å². The Labute approximate surface area is 126 Å². The number of piperidine rings is 1. The van der Waals surface area contributed by atoms with Crippen molar-refractivity contribution in [3.05, 3.63) is 27.7 Å². The van der Waals surface area contributed by atoms with Crippen molar-refractivity contribution in [3.8, 4) is 6.07 Å². The second-order valence-electron chi connectivity index (χ2n) is 4.38. The summed E-state index contributed by atoms with van der Waals surface area (Å²) >= 11 is 9.25. The molecule has 1 saturated heterocycles. The van der Waals surface area contributed by atoms with E-state index >= 15 is 0 Å². The fourth-order valence-corrected chi connectivity index (χ4v) is 4.53. The van der Waals surface area contributed by atoms with Crippen molar-refractivity contribution in [1.29, 1.82) is 5.26 Å². The van der Waals surface area contributed by atoms with Gasteiger partial charge in [-0.05, 0) is 31.0 Å². The first-order valence-electron chi connectivity index (χ1n) is 5.80. The van der Waals surface area contributed by atoms with Crippen LogP contribution < -0.4 is 0 Å². The number of hydrogen-bond donors (Lipinski definition) is 0. The van der Waals surface area contributed by atoms with Gasteiger partial charge in [-0.15, -0.1) is 0 Å². The minimum absolute atomic E-state index is 0.0492. The number of rotatable bonds is 2. The summed E-state index contributed by atoms with van der Waals surface area (Å²) in [6.07, 6.45) is 1.15. The third kappa shape index (κ3) is 3.11. The van der Waals surface area contributed by atoms with Gasteiger partial charge in [0.1, 0.15) is 4.90 Å². The van der Waals surface area contributed by atoms with Gasteiger partial charge < -0.3 is 0 Å². The Kier molecular flexibility index (Phi) is 4.51. The molecule has 0 amide bonds. The standard InChI is InChI=1S/C12H12BrClN2O2S/c13-10-1-2-12(11(14)7-10)19(17,18)16-5-3-9(8-15)4-6-16/h1-2,7,9H,3-6H2. The highest BCUT2D eigenvalue weighted by atomic mass is 79.9. The number of benzene rings is 1. The lowest BCUT2D eigenvalue weighted by Gasteiger charge is -2.28. The molecule has 1 heterocycles. The largest absolute Gasteiger partial charge is 0.244 e. The van der Waals surface area contributed by atoms with E-state index in [1.807, 2.05) is 0 Å². The number of hydrogen-bond acceptors (Lipinski definition) is 3. The van der Waals surface area contributed by atoms with Crippen molar-refractivity contribution in [1.82, 2.24) is 4.31 Å². The minimum atomic E-state index is -3.57. The van der Waals surface area contributed by atoms with Crippen LogP contribution in [0.5, 0.6) is 0 Å². The van der Waals surface area contributed by atoms with Crippen LogP contribution in [0.25, 0.3) is 0 Å². The molecule has 0 aromatic heterocycles. The second kappa shape index (κ2) is 5.80. The number of nitrogens with zero attached hydrogens (tertiary/aromatic N) is 2. The molecule has 102 valence electrons. The first-order valence-corrected chi connectivity index (χ1v) is 8.41. The van der Waals surface area contributed by atoms with Gasteiger partial charge in [0.2, 0.25) is 10.0 Å². The predicted molar refractivity (Wildman–Crippen MR) is 76.2 cm³/mol. The molecule has 0 bridgehead atoms. The summed E-state index contributed by atoms with van der Waals surface area (Å²) in [5, 5.41) is 9.03. The monoisotopic (exact) mass is 362 g/mol. The molecule has 0 spiro atoms. The van der Waals surface area contributed by atoms with E-state index in [9.17, 15) is 8.42 Å². The van der Waals surface area contributed by atoms with Gasteiger partial charge in [0, 0.05) is 23.5 Å². The molecule has 1 aliphatic rings. The molecule has 7 heteroatoms. The van der Waals surface area contributed by atoms with E-state index in [1.165, 1.54) is 10.4 Å². The quantitative estimate of drug-likeness (QED) is 0.811. The molecule has 0 aliphatic carbocycles. The zero-order valence-corrected chi connectivity index (χ0v) is 13.2. The maximum Gasteiger partial charge on any atom is 0.244 e. The van der Waals surface area contributed by atoms with E-state index in [2.05, 4.69) is 22.0 Å². The lowest BCUT2D eigenvalue weighted by molar-refractivity contribution is 0.310. The zero-order valence-electron chi connectivity index (χ0n) is 10.0. The Bertz CT molecular complexity index is 619. The SMILES string of the molecule is N#CC1CCN(S(=O)(=O)c2ccc(Br)cc2Cl)CC1. The highest BCUT2D eigenvalue weighted by Crippen LogP contribution is 2.29. The van der Waals surface area contributed by atoms with Crippen LogP contribution in [0, 0.1) is 17.2 Å². The Morgan fingerprint density at radius 3 is 2.53 bits per heavy atom. The maximum absolute atomic E-state index is 12.5. The number of halogens is 2. The summed E-state index contributed by atoms with van der Waals surface area (Å²) < 4.78 is 27.0. The Balaban J connectivity index is 2.26. The minimum Gasteiger partial charge on any atom is -0.207 e. The Morgan fingerprint density at radius 1 is 1.37 bits per heavy atom. The van der Waals surface area contributed by atoms with Crippen molar-refractivity contribution in [2.75, 3.05) is 13.1 Å². The highest BCUT2D eigenvalue weighted by molar-refractivity contribution is 9.10. The predicted octanol–water partition coefficient (Wildman–Crippen LogP) is 3.03. The van der Waals surface area contributed by atoms with E-state index in [0.29, 0.717) is 25.9 Å². The third-order valence-electron chi connectivity index (χ3n) is 3.15. The number of nitriles is 1. The zero-order chi connectivity index (χ0) is 14.0. The van der Waals surface area contributed by atoms with Crippen LogP contribution in [0.3, 0.4) is 0 Å². The van der Waals surface area contributed by atoms with Gasteiger partial charge >= 0.3 is 0 Å². The van der Waals surface area contributed by atoms with Gasteiger partial charge in [0.05, 0.1) is 11.1 Å². The topological polar surface area (TPSA) is 61.2 Å². The van der Waals surface area contributed by atoms with Crippen LogP contribution >= 0.6 is 27.5 Å². The first-order chi connectivity index (χ1) is 8.95. The average Bonchev–Trinajstić information content (AvgIpc) is 2.38. The van der Waals surface area contributed by atoms with Crippen molar-refractivity contribution >= 4 is 37.6 Å². The average molecular weight is 364 g/mol. The van der Waals surface area contributed by atoms with E-state index in [-0.39, 0.29) is 15.8 Å². The molecule has 1 aromatic rings. The summed E-state index contributed by atoms with van der Waals surface area (Å²) in [4.78, 5) is 0.118. The van der Waals surface area contributed by atoms with Crippen LogP contribution in [-0.2, 0) is 10.0 Å². The second-order valence-corrected chi connectivity index (χ2v) is 7.61. The first kappa shape index (κ1) is 14.8. The smallest absolute Gasteiger partial charge is 0.207 e. The fraction of sp³-hybridized carbons (Fsp3) is 0.417. The van der Waals surface area contributed by atoms with E-state index in [1.54, 1.807) is 12.1 Å². The molecule has 19 heavy (non-hydrogen) atoms. The van der Waals surface area contributed by atoms with Gasteiger partial charge in [-0.2, -0.15) is 9.57 Å². The van der Waals surface area contributed by atoms with Crippen LogP contribution in [0.15, 0.2) is 27.6 Å². The lowest BCUT2D eigenvalue weighted by atomic mass is 10.0. The molecule has 4 nitrogen and oxygen atoms in total. The van der Waals surface area contributed by atoms with E-state index in [0.717, 1.165) is 4.47 Å². The Morgan fingerprint density at radius 2 is 2.00 bits per heavy atom. The maximum atomic E-state index is 12.5. The fourth-order valence-electron chi connectivity index (χ4n) is 2.05. The summed E-state index contributed by atoms with van der Waals surface area (Å²) in [5.41, 5.74) is 0. The molecule has 1 fully saturated rings. The van der Waals surface area contributed by atoms with Crippen molar-refractivity contribution < 1.29 is 8.42 Å². The summed E-state index contributed by atoms with van der Waals surface area (Å²) in [6.45, 7) is 0.736. The molecule has 0 radical (unpaired) electrons. The van der Waals surface area contributed by atoms with Gasteiger partial charge in [0.25, 0.3) is 0 Å². The number of sulfonamides is 1. The molecular weight excluding hydrogens is 352 g/mol. The Hall–Kier alpha value is -0.610. The molecule has 0 atom stereocenters. The molecule has 1 aliphatic heterocycles. The van der Waals surface area contributed by atoms with E-state index < -0.39 is 10.0 Å². The van der Waals surface area contributed by atoms with Crippen LogP contribution in [0.1, 0.15) is 12.8 Å². The molecular formula is C12H12BrClN2O2S. The normalized spacial score (nSPS) is 18.2. The van der Waals surface area contributed by atoms with E-state index in [4.69, 9.17) is 16.9 Å². The summed E-state index contributed by atoms with van der Waals surface area (Å²) in [5.74, 6) is -0.0492. The molecule has 1 aromatic carbocycles. The van der Waals surface area contributed by atoms with Gasteiger partial charge in [-0.1, -0.05) is 27.5 Å².